The van der Waals surface area contributed by atoms with Gasteiger partial charge in [0.15, 0.2) is 5.16 Å². The van der Waals surface area contributed by atoms with E-state index in [4.69, 9.17) is 4.74 Å². The van der Waals surface area contributed by atoms with Gasteiger partial charge in [-0.15, -0.1) is 21.5 Å². The summed E-state index contributed by atoms with van der Waals surface area (Å²) in [5, 5.41) is 14.5. The molecule has 8 heteroatoms. The first-order chi connectivity index (χ1) is 15.5. The molecular weight excluding hydrogens is 440 g/mol. The van der Waals surface area contributed by atoms with Gasteiger partial charge in [0.1, 0.15) is 11.6 Å². The quantitative estimate of drug-likeness (QED) is 0.360. The van der Waals surface area contributed by atoms with Crippen LogP contribution in [0.15, 0.2) is 65.1 Å². The third-order valence-electron chi connectivity index (χ3n) is 4.87. The highest BCUT2D eigenvalue weighted by Crippen LogP contribution is 2.27. The average molecular weight is 465 g/mol. The van der Waals surface area contributed by atoms with Gasteiger partial charge in [-0.3, -0.25) is 9.36 Å². The fourth-order valence-electron chi connectivity index (χ4n) is 3.27. The summed E-state index contributed by atoms with van der Waals surface area (Å²) in [4.78, 5) is 13.9. The number of ether oxygens (including phenoxy) is 1. The Morgan fingerprint density at radius 1 is 1.09 bits per heavy atom. The van der Waals surface area contributed by atoms with Crippen LogP contribution in [-0.4, -0.2) is 33.5 Å². The van der Waals surface area contributed by atoms with Crippen molar-refractivity contribution >= 4 is 34.7 Å². The Balaban J connectivity index is 1.54. The molecule has 2 aromatic heterocycles. The molecule has 4 rings (SSSR count). The summed E-state index contributed by atoms with van der Waals surface area (Å²) in [6.45, 7) is 4.03. The number of amides is 1. The molecule has 2 aromatic carbocycles. The van der Waals surface area contributed by atoms with E-state index < -0.39 is 0 Å². The molecule has 0 aliphatic heterocycles. The molecule has 0 bridgehead atoms. The summed E-state index contributed by atoms with van der Waals surface area (Å²) < 4.78 is 7.39. The van der Waals surface area contributed by atoms with Crippen molar-refractivity contribution in [2.24, 2.45) is 0 Å². The molecule has 0 unspecified atom stereocenters. The number of aromatic nitrogens is 3. The number of thiophene rings is 1. The molecule has 1 N–H and O–H groups in total. The molecule has 0 spiro atoms. The lowest BCUT2D eigenvalue weighted by Crippen LogP contribution is -2.15. The molecule has 1 amide bonds. The van der Waals surface area contributed by atoms with Gasteiger partial charge < -0.3 is 10.1 Å². The summed E-state index contributed by atoms with van der Waals surface area (Å²) >= 11 is 3.06. The van der Waals surface area contributed by atoms with Gasteiger partial charge in [-0.2, -0.15) is 0 Å². The number of nitrogens with one attached hydrogen (secondary N) is 1. The van der Waals surface area contributed by atoms with Gasteiger partial charge >= 0.3 is 0 Å². The van der Waals surface area contributed by atoms with Gasteiger partial charge in [0.25, 0.3) is 0 Å². The Labute approximate surface area is 195 Å². The Morgan fingerprint density at radius 2 is 1.88 bits per heavy atom. The molecule has 0 fully saturated rings. The molecular formula is C24H24N4O2S2. The highest BCUT2D eigenvalue weighted by atomic mass is 32.2. The summed E-state index contributed by atoms with van der Waals surface area (Å²) in [6.07, 6.45) is 0.686. The zero-order chi connectivity index (χ0) is 22.5. The van der Waals surface area contributed by atoms with Crippen molar-refractivity contribution in [1.29, 1.82) is 0 Å². The van der Waals surface area contributed by atoms with E-state index in [9.17, 15) is 4.79 Å². The number of carbonyl (C=O) groups is 1. The van der Waals surface area contributed by atoms with Gasteiger partial charge in [0, 0.05) is 17.0 Å². The van der Waals surface area contributed by atoms with Gasteiger partial charge in [0.05, 0.1) is 18.6 Å². The van der Waals surface area contributed by atoms with Gasteiger partial charge in [-0.25, -0.2) is 0 Å². The first kappa shape index (κ1) is 22.1. The second-order valence-corrected chi connectivity index (χ2v) is 9.34. The fraction of sp³-hybridized carbons (Fsp3) is 0.208. The maximum absolute atomic E-state index is 12.7. The molecule has 0 atom stereocenters. The predicted molar refractivity (Wildman–Crippen MR) is 130 cm³/mol. The van der Waals surface area contributed by atoms with Gasteiger partial charge in [-0.1, -0.05) is 41.6 Å². The fourth-order valence-corrected chi connectivity index (χ4v) is 4.74. The van der Waals surface area contributed by atoms with Gasteiger partial charge in [-0.05, 0) is 55.1 Å². The summed E-state index contributed by atoms with van der Waals surface area (Å²) in [5.41, 5.74) is 3.88. The van der Waals surface area contributed by atoms with Crippen LogP contribution in [0.25, 0.3) is 5.69 Å². The van der Waals surface area contributed by atoms with E-state index in [1.807, 2.05) is 35.8 Å². The van der Waals surface area contributed by atoms with Crippen molar-refractivity contribution in [3.05, 3.63) is 81.8 Å². The summed E-state index contributed by atoms with van der Waals surface area (Å²) in [5.74, 6) is 1.56. The Kier molecular flexibility index (Phi) is 6.92. The lowest BCUT2D eigenvalue weighted by molar-refractivity contribution is -0.113. The lowest BCUT2D eigenvalue weighted by atomic mass is 10.2. The van der Waals surface area contributed by atoms with E-state index in [0.29, 0.717) is 23.0 Å². The van der Waals surface area contributed by atoms with Crippen molar-refractivity contribution in [2.75, 3.05) is 18.2 Å². The predicted octanol–water partition coefficient (Wildman–Crippen LogP) is 5.28. The first-order valence-corrected chi connectivity index (χ1v) is 12.0. The van der Waals surface area contributed by atoms with Crippen LogP contribution >= 0.6 is 23.1 Å². The molecule has 0 saturated heterocycles. The molecule has 0 aliphatic carbocycles. The van der Waals surface area contributed by atoms with Gasteiger partial charge in [0.2, 0.25) is 5.91 Å². The number of carbonyl (C=O) groups excluding carboxylic acids is 1. The van der Waals surface area contributed by atoms with Crippen molar-refractivity contribution < 1.29 is 9.53 Å². The van der Waals surface area contributed by atoms with E-state index in [2.05, 4.69) is 58.1 Å². The van der Waals surface area contributed by atoms with Crippen LogP contribution < -0.4 is 10.1 Å². The van der Waals surface area contributed by atoms with E-state index in [-0.39, 0.29) is 11.7 Å². The van der Waals surface area contributed by atoms with Crippen LogP contribution in [-0.2, 0) is 11.2 Å². The molecule has 2 heterocycles. The van der Waals surface area contributed by atoms with Crippen molar-refractivity contribution in [3.8, 4) is 11.4 Å². The summed E-state index contributed by atoms with van der Waals surface area (Å²) in [6, 6.07) is 18.1. The van der Waals surface area contributed by atoms with Crippen LogP contribution in [0, 0.1) is 13.8 Å². The highest BCUT2D eigenvalue weighted by Gasteiger charge is 2.17. The number of aryl methyl sites for hydroxylation is 2. The number of nitrogens with zero attached hydrogens (tertiary/aromatic N) is 3. The zero-order valence-corrected chi connectivity index (χ0v) is 19.8. The van der Waals surface area contributed by atoms with Crippen molar-refractivity contribution in [2.45, 2.75) is 25.4 Å². The van der Waals surface area contributed by atoms with E-state index in [1.54, 1.807) is 18.4 Å². The normalized spacial score (nSPS) is 10.8. The minimum absolute atomic E-state index is 0.128. The van der Waals surface area contributed by atoms with E-state index in [0.717, 1.165) is 17.1 Å². The molecule has 32 heavy (non-hydrogen) atoms. The largest absolute Gasteiger partial charge is 0.495 e. The summed E-state index contributed by atoms with van der Waals surface area (Å²) in [7, 11) is 1.59. The molecule has 0 radical (unpaired) electrons. The number of rotatable bonds is 8. The van der Waals surface area contributed by atoms with Crippen LogP contribution in [0.3, 0.4) is 0 Å². The standard InChI is InChI=1S/C24H24N4O2S2/c1-16-6-9-18(10-7-16)28-22(14-19-5-4-12-31-19)26-27-24(28)32-15-23(29)25-20-13-17(2)8-11-21(20)30-3/h4-13H,14-15H2,1-3H3,(H,25,29). The highest BCUT2D eigenvalue weighted by molar-refractivity contribution is 7.99. The molecule has 164 valence electrons. The van der Waals surface area contributed by atoms with Crippen LogP contribution in [0.2, 0.25) is 0 Å². The number of thioether (sulfide) groups is 1. The number of benzene rings is 2. The maximum atomic E-state index is 12.7. The minimum atomic E-state index is -0.128. The Morgan fingerprint density at radius 3 is 2.59 bits per heavy atom. The molecule has 4 aromatic rings. The van der Waals surface area contributed by atoms with E-state index >= 15 is 0 Å². The number of hydrogen-bond donors (Lipinski definition) is 1. The van der Waals surface area contributed by atoms with Crippen molar-refractivity contribution in [1.82, 2.24) is 14.8 Å². The molecule has 0 saturated carbocycles. The van der Waals surface area contributed by atoms with Crippen LogP contribution in [0.1, 0.15) is 21.8 Å². The number of anilines is 1. The number of hydrogen-bond acceptors (Lipinski definition) is 6. The van der Waals surface area contributed by atoms with Crippen LogP contribution in [0.4, 0.5) is 5.69 Å². The Hall–Kier alpha value is -3.10. The van der Waals surface area contributed by atoms with E-state index in [1.165, 1.54) is 22.2 Å². The van der Waals surface area contributed by atoms with Crippen LogP contribution in [0.5, 0.6) is 5.75 Å². The average Bonchev–Trinajstić information content (AvgIpc) is 3.43. The second kappa shape index (κ2) is 10.0. The zero-order valence-electron chi connectivity index (χ0n) is 18.2. The smallest absolute Gasteiger partial charge is 0.234 e. The first-order valence-electron chi connectivity index (χ1n) is 10.1. The Bertz CT molecular complexity index is 1200. The molecule has 6 nitrogen and oxygen atoms in total. The number of methoxy groups -OCH3 is 1. The lowest BCUT2D eigenvalue weighted by Gasteiger charge is -2.12. The SMILES string of the molecule is COc1ccc(C)cc1NC(=O)CSc1nnc(Cc2cccs2)n1-c1ccc(C)cc1. The maximum Gasteiger partial charge on any atom is 0.234 e. The second-order valence-electron chi connectivity index (χ2n) is 7.37. The monoisotopic (exact) mass is 464 g/mol. The van der Waals surface area contributed by atoms with Crippen molar-refractivity contribution in [3.63, 3.8) is 0 Å². The third-order valence-corrected chi connectivity index (χ3v) is 6.67. The third kappa shape index (κ3) is 5.20. The molecule has 0 aliphatic rings. The minimum Gasteiger partial charge on any atom is -0.495 e. The topological polar surface area (TPSA) is 69.0 Å².